The first kappa shape index (κ1) is 25.3. The van der Waals surface area contributed by atoms with Gasteiger partial charge in [-0.1, -0.05) is 11.6 Å². The third kappa shape index (κ3) is 6.07. The second-order valence-electron chi connectivity index (χ2n) is 9.58. The molecule has 35 heavy (non-hydrogen) atoms. The van der Waals surface area contributed by atoms with Crippen molar-refractivity contribution >= 4 is 40.9 Å². The van der Waals surface area contributed by atoms with Crippen molar-refractivity contribution in [2.45, 2.75) is 69.2 Å². The van der Waals surface area contributed by atoms with Crippen LogP contribution in [0.2, 0.25) is 5.02 Å². The van der Waals surface area contributed by atoms with Gasteiger partial charge in [0.15, 0.2) is 6.10 Å². The molecule has 2 saturated carbocycles. The fraction of sp³-hybridized carbons (Fsp3) is 0.565. The maximum absolute atomic E-state index is 13.3. The number of carbonyl (C=O) groups is 4. The average Bonchev–Trinajstić information content (AvgIpc) is 3.68. The molecule has 9 nitrogen and oxygen atoms in total. The highest BCUT2D eigenvalue weighted by atomic mass is 35.5. The summed E-state index contributed by atoms with van der Waals surface area (Å²) in [4.78, 5) is 50.2. The van der Waals surface area contributed by atoms with E-state index in [9.17, 15) is 33.1 Å². The predicted molar refractivity (Wildman–Crippen MR) is 122 cm³/mol. The molecule has 4 rings (SSSR count). The Kier molecular flexibility index (Phi) is 7.01. The van der Waals surface area contributed by atoms with Crippen LogP contribution >= 0.6 is 11.6 Å². The van der Waals surface area contributed by atoms with Gasteiger partial charge in [0, 0.05) is 29.4 Å². The lowest BCUT2D eigenvalue weighted by Crippen LogP contribution is -2.52. The third-order valence-corrected chi connectivity index (χ3v) is 6.69. The van der Waals surface area contributed by atoms with Gasteiger partial charge in [0.25, 0.3) is 17.7 Å². The van der Waals surface area contributed by atoms with E-state index in [4.69, 9.17) is 11.6 Å². The molecule has 5 atom stereocenters. The minimum atomic E-state index is -3.08. The number of amides is 4. The van der Waals surface area contributed by atoms with Gasteiger partial charge in [-0.15, -0.1) is 0 Å². The molecule has 2 unspecified atom stereocenters. The van der Waals surface area contributed by atoms with Crippen LogP contribution in [0, 0.1) is 11.8 Å². The number of aliphatic hydroxyl groups is 1. The van der Waals surface area contributed by atoms with E-state index in [-0.39, 0.29) is 40.7 Å². The van der Waals surface area contributed by atoms with Gasteiger partial charge in [0.1, 0.15) is 5.92 Å². The summed E-state index contributed by atoms with van der Waals surface area (Å²) < 4.78 is 26.6. The molecule has 0 spiro atoms. The summed E-state index contributed by atoms with van der Waals surface area (Å²) in [6.45, 7) is 1.83. The van der Waals surface area contributed by atoms with E-state index >= 15 is 0 Å². The number of alkyl halides is 2. The van der Waals surface area contributed by atoms with Crippen LogP contribution in [0.5, 0.6) is 0 Å². The van der Waals surface area contributed by atoms with Gasteiger partial charge in [-0.05, 0) is 50.8 Å². The Hall–Kier alpha value is -2.79. The fourth-order valence-corrected chi connectivity index (χ4v) is 4.38. The van der Waals surface area contributed by atoms with Crippen LogP contribution in [0.3, 0.4) is 0 Å². The minimum absolute atomic E-state index is 0.00226. The van der Waals surface area contributed by atoms with Crippen LogP contribution in [-0.4, -0.2) is 58.9 Å². The number of anilines is 1. The first-order valence-corrected chi connectivity index (χ1v) is 11.9. The molecule has 12 heteroatoms. The smallest absolute Gasteiger partial charge is 0.260 e. The van der Waals surface area contributed by atoms with Gasteiger partial charge in [0.05, 0.1) is 17.3 Å². The summed E-state index contributed by atoms with van der Waals surface area (Å²) in [5.74, 6) is -7.72. The first-order valence-electron chi connectivity index (χ1n) is 11.5. The Morgan fingerprint density at radius 2 is 1.97 bits per heavy atom. The van der Waals surface area contributed by atoms with Crippen molar-refractivity contribution in [3.05, 3.63) is 28.8 Å². The van der Waals surface area contributed by atoms with Crippen LogP contribution in [-0.2, 0) is 14.4 Å². The number of carbonyl (C=O) groups excluding carboxylic acids is 4. The number of halogens is 3. The summed E-state index contributed by atoms with van der Waals surface area (Å²) in [5, 5.41) is 21.2. The predicted octanol–water partition coefficient (Wildman–Crippen LogP) is 1.59. The molecule has 1 heterocycles. The van der Waals surface area contributed by atoms with E-state index in [1.807, 2.05) is 6.92 Å². The van der Waals surface area contributed by atoms with Gasteiger partial charge in [0.2, 0.25) is 11.8 Å². The molecule has 0 aromatic heterocycles. The highest BCUT2D eigenvalue weighted by Crippen LogP contribution is 2.49. The van der Waals surface area contributed by atoms with E-state index in [1.54, 1.807) is 0 Å². The zero-order valence-corrected chi connectivity index (χ0v) is 19.7. The summed E-state index contributed by atoms with van der Waals surface area (Å²) in [6, 6.07) is 2.70. The minimum Gasteiger partial charge on any atom is -0.381 e. The lowest BCUT2D eigenvalue weighted by Gasteiger charge is -2.26. The second-order valence-corrected chi connectivity index (χ2v) is 10.0. The molecule has 1 saturated heterocycles. The summed E-state index contributed by atoms with van der Waals surface area (Å²) in [5.41, 5.74) is -0.165. The zero-order valence-electron chi connectivity index (χ0n) is 18.9. The summed E-state index contributed by atoms with van der Waals surface area (Å²) in [7, 11) is 0. The van der Waals surface area contributed by atoms with Crippen molar-refractivity contribution in [2.24, 2.45) is 11.8 Å². The highest BCUT2D eigenvalue weighted by molar-refractivity contribution is 6.31. The van der Waals surface area contributed by atoms with E-state index in [2.05, 4.69) is 21.3 Å². The molecule has 190 valence electrons. The molecule has 0 bridgehead atoms. The van der Waals surface area contributed by atoms with Crippen LogP contribution < -0.4 is 21.3 Å². The van der Waals surface area contributed by atoms with Crippen molar-refractivity contribution in [2.75, 3.05) is 5.32 Å². The quantitative estimate of drug-likeness (QED) is 0.342. The Morgan fingerprint density at radius 1 is 1.29 bits per heavy atom. The normalized spacial score (nSPS) is 26.3. The standard InChI is InChI=1S/C23H27ClF2N4O5/c1-10-6-11(19(32)27-10)7-17(18(31)22(35)28-13-3-4-13)30-20(33)14-8-12(24)2-5-16(14)29-21(34)15-9-23(15,25)26/h2,5,8,10-11,13,15,17-18,31H,3-4,6-7,9H2,1H3,(H,27,32)(H,28,35)(H,29,34)(H,30,33)/t10-,11+,15-,17?,18?/m1/s1. The van der Waals surface area contributed by atoms with Crippen LogP contribution in [0.1, 0.15) is 49.4 Å². The first-order chi connectivity index (χ1) is 16.4. The van der Waals surface area contributed by atoms with Crippen molar-refractivity contribution in [1.82, 2.24) is 16.0 Å². The molecule has 0 radical (unpaired) electrons. The monoisotopic (exact) mass is 512 g/mol. The summed E-state index contributed by atoms with van der Waals surface area (Å²) in [6.07, 6.45) is -0.146. The SMILES string of the molecule is C[C@@H]1C[C@@H](CC(NC(=O)c2cc(Cl)ccc2NC(=O)[C@H]2CC2(F)F)C(O)C(=O)NC2CC2)C(=O)N1. The van der Waals surface area contributed by atoms with Gasteiger partial charge in [-0.25, -0.2) is 8.78 Å². The molecular weight excluding hydrogens is 486 g/mol. The number of hydrogen-bond donors (Lipinski definition) is 5. The van der Waals surface area contributed by atoms with Gasteiger partial charge in [-0.2, -0.15) is 0 Å². The average molecular weight is 513 g/mol. The molecule has 1 aliphatic heterocycles. The fourth-order valence-electron chi connectivity index (χ4n) is 4.20. The number of hydrogen-bond acceptors (Lipinski definition) is 5. The molecular formula is C23H27ClF2N4O5. The maximum atomic E-state index is 13.3. The molecule has 3 fully saturated rings. The Morgan fingerprint density at radius 3 is 2.54 bits per heavy atom. The van der Waals surface area contributed by atoms with Crippen molar-refractivity contribution in [3.63, 3.8) is 0 Å². The zero-order chi connectivity index (χ0) is 25.5. The number of rotatable bonds is 9. The van der Waals surface area contributed by atoms with Crippen molar-refractivity contribution in [3.8, 4) is 0 Å². The second kappa shape index (κ2) is 9.69. The Labute approximate surface area is 205 Å². The van der Waals surface area contributed by atoms with Crippen molar-refractivity contribution < 1.29 is 33.1 Å². The number of benzene rings is 1. The number of aliphatic hydroxyl groups excluding tert-OH is 1. The largest absolute Gasteiger partial charge is 0.381 e. The molecule has 3 aliphatic rings. The van der Waals surface area contributed by atoms with Gasteiger partial charge in [-0.3, -0.25) is 19.2 Å². The van der Waals surface area contributed by atoms with Crippen molar-refractivity contribution in [1.29, 1.82) is 0 Å². The molecule has 4 amide bonds. The summed E-state index contributed by atoms with van der Waals surface area (Å²) >= 11 is 6.02. The molecule has 5 N–H and O–H groups in total. The molecule has 1 aromatic rings. The van der Waals surface area contributed by atoms with E-state index in [1.165, 1.54) is 18.2 Å². The Balaban J connectivity index is 1.52. The molecule has 2 aliphatic carbocycles. The third-order valence-electron chi connectivity index (χ3n) is 6.45. The van der Waals surface area contributed by atoms with E-state index < -0.39 is 54.0 Å². The van der Waals surface area contributed by atoms with Crippen LogP contribution in [0.25, 0.3) is 0 Å². The van der Waals surface area contributed by atoms with Gasteiger partial charge < -0.3 is 26.4 Å². The highest BCUT2D eigenvalue weighted by Gasteiger charge is 2.61. The van der Waals surface area contributed by atoms with E-state index in [0.29, 0.717) is 6.42 Å². The Bertz CT molecular complexity index is 1050. The van der Waals surface area contributed by atoms with Crippen LogP contribution in [0.15, 0.2) is 18.2 Å². The van der Waals surface area contributed by atoms with Crippen LogP contribution in [0.4, 0.5) is 14.5 Å². The van der Waals surface area contributed by atoms with E-state index in [0.717, 1.165) is 12.8 Å². The lowest BCUT2D eigenvalue weighted by molar-refractivity contribution is -0.132. The maximum Gasteiger partial charge on any atom is 0.260 e. The van der Waals surface area contributed by atoms with Gasteiger partial charge >= 0.3 is 0 Å². The lowest BCUT2D eigenvalue weighted by atomic mass is 9.93. The molecule has 1 aromatic carbocycles. The topological polar surface area (TPSA) is 137 Å². The number of nitrogens with one attached hydrogen (secondary N) is 4.